The summed E-state index contributed by atoms with van der Waals surface area (Å²) in [6.07, 6.45) is 1.61. The number of hydrogen-bond acceptors (Lipinski definition) is 7. The Morgan fingerprint density at radius 3 is 2.68 bits per heavy atom. The Balaban J connectivity index is 1.26. The van der Waals surface area contributed by atoms with Gasteiger partial charge in [-0.3, -0.25) is 9.36 Å². The second kappa shape index (κ2) is 10.0. The number of amides is 1. The van der Waals surface area contributed by atoms with Crippen molar-refractivity contribution in [2.75, 3.05) is 19.0 Å². The van der Waals surface area contributed by atoms with E-state index >= 15 is 0 Å². The number of thioether (sulfide) groups is 1. The molecule has 0 spiro atoms. The first-order valence-electron chi connectivity index (χ1n) is 11.0. The molecule has 2 aromatic carbocycles. The topological polar surface area (TPSA) is 91.4 Å². The average molecular weight is 477 g/mol. The molecule has 4 aromatic rings. The van der Waals surface area contributed by atoms with Crippen molar-refractivity contribution in [1.82, 2.24) is 20.1 Å². The van der Waals surface area contributed by atoms with E-state index in [0.717, 1.165) is 16.9 Å². The number of nitrogens with one attached hydrogen (secondary N) is 1. The van der Waals surface area contributed by atoms with Crippen LogP contribution < -0.4 is 14.8 Å². The summed E-state index contributed by atoms with van der Waals surface area (Å²) in [5, 5.41) is 12.3. The lowest BCUT2D eigenvalue weighted by molar-refractivity contribution is -0.119. The first-order valence-corrected chi connectivity index (χ1v) is 12.0. The minimum absolute atomic E-state index is 0.0961. The molecule has 2 aromatic heterocycles. The molecule has 8 nitrogen and oxygen atoms in total. The lowest BCUT2D eigenvalue weighted by Gasteiger charge is -2.21. The van der Waals surface area contributed by atoms with Gasteiger partial charge in [0, 0.05) is 0 Å². The third-order valence-electron chi connectivity index (χ3n) is 5.42. The second-order valence-corrected chi connectivity index (χ2v) is 8.78. The van der Waals surface area contributed by atoms with Crippen LogP contribution in [0.4, 0.5) is 0 Å². The number of ether oxygens (including phenoxy) is 2. The molecule has 5 rings (SSSR count). The van der Waals surface area contributed by atoms with Crippen LogP contribution >= 0.6 is 11.8 Å². The molecule has 0 bridgehead atoms. The number of nitrogens with zero attached hydrogens (tertiary/aromatic N) is 3. The van der Waals surface area contributed by atoms with Crippen LogP contribution in [0.3, 0.4) is 0 Å². The third kappa shape index (κ3) is 4.94. The molecule has 34 heavy (non-hydrogen) atoms. The number of hydrogen-bond donors (Lipinski definition) is 1. The highest BCUT2D eigenvalue weighted by Gasteiger charge is 2.19. The van der Waals surface area contributed by atoms with Crippen molar-refractivity contribution in [3.05, 3.63) is 78.1 Å². The van der Waals surface area contributed by atoms with Gasteiger partial charge in [0.05, 0.1) is 24.6 Å². The minimum Gasteiger partial charge on any atom is -0.486 e. The quantitative estimate of drug-likeness (QED) is 0.379. The van der Waals surface area contributed by atoms with Crippen LogP contribution in [0.25, 0.3) is 11.6 Å². The lowest BCUT2D eigenvalue weighted by atomic mass is 10.1. The van der Waals surface area contributed by atoms with Gasteiger partial charge in [-0.2, -0.15) is 0 Å². The molecular formula is C25H24N4O4S. The highest BCUT2D eigenvalue weighted by atomic mass is 32.2. The van der Waals surface area contributed by atoms with Gasteiger partial charge in [0.15, 0.2) is 22.4 Å². The van der Waals surface area contributed by atoms with Crippen LogP contribution in [0, 0.1) is 0 Å². The van der Waals surface area contributed by atoms with Crippen molar-refractivity contribution in [1.29, 1.82) is 0 Å². The molecule has 0 fully saturated rings. The Hall–Kier alpha value is -3.72. The van der Waals surface area contributed by atoms with Crippen molar-refractivity contribution in [3.63, 3.8) is 0 Å². The van der Waals surface area contributed by atoms with E-state index < -0.39 is 0 Å². The minimum atomic E-state index is -0.176. The number of carbonyl (C=O) groups excluding carboxylic acids is 1. The molecular weight excluding hydrogens is 452 g/mol. The van der Waals surface area contributed by atoms with Gasteiger partial charge >= 0.3 is 0 Å². The van der Waals surface area contributed by atoms with E-state index in [1.165, 1.54) is 11.8 Å². The van der Waals surface area contributed by atoms with Crippen LogP contribution in [0.5, 0.6) is 11.5 Å². The summed E-state index contributed by atoms with van der Waals surface area (Å²) in [4.78, 5) is 12.7. The molecule has 0 saturated heterocycles. The predicted molar refractivity (Wildman–Crippen MR) is 128 cm³/mol. The number of carbonyl (C=O) groups is 1. The number of benzene rings is 2. The van der Waals surface area contributed by atoms with Crippen molar-refractivity contribution >= 4 is 17.7 Å². The van der Waals surface area contributed by atoms with Crippen molar-refractivity contribution in [3.8, 4) is 23.1 Å². The molecule has 1 atom stereocenters. The molecule has 1 amide bonds. The maximum atomic E-state index is 12.7. The van der Waals surface area contributed by atoms with Crippen LogP contribution in [0.1, 0.15) is 24.1 Å². The van der Waals surface area contributed by atoms with Crippen molar-refractivity contribution in [2.24, 2.45) is 0 Å². The van der Waals surface area contributed by atoms with E-state index in [1.54, 1.807) is 6.26 Å². The Bertz CT molecular complexity index is 1260. The van der Waals surface area contributed by atoms with E-state index in [-0.39, 0.29) is 17.7 Å². The summed E-state index contributed by atoms with van der Waals surface area (Å²) in [7, 11) is 0. The van der Waals surface area contributed by atoms with Crippen LogP contribution in [0.2, 0.25) is 0 Å². The van der Waals surface area contributed by atoms with E-state index in [0.29, 0.717) is 42.2 Å². The summed E-state index contributed by atoms with van der Waals surface area (Å²) < 4.78 is 18.7. The summed E-state index contributed by atoms with van der Waals surface area (Å²) >= 11 is 1.34. The molecule has 0 radical (unpaired) electrons. The summed E-state index contributed by atoms with van der Waals surface area (Å²) in [6.45, 7) is 3.59. The van der Waals surface area contributed by atoms with Gasteiger partial charge in [-0.05, 0) is 42.3 Å². The maximum absolute atomic E-state index is 12.7. The van der Waals surface area contributed by atoms with Gasteiger partial charge in [-0.25, -0.2) is 0 Å². The highest BCUT2D eigenvalue weighted by Crippen LogP contribution is 2.32. The predicted octanol–water partition coefficient (Wildman–Crippen LogP) is 4.33. The van der Waals surface area contributed by atoms with E-state index in [9.17, 15) is 4.79 Å². The summed E-state index contributed by atoms with van der Waals surface area (Å²) in [6, 6.07) is 19.3. The van der Waals surface area contributed by atoms with Crippen LogP contribution in [-0.2, 0) is 11.3 Å². The maximum Gasteiger partial charge on any atom is 0.230 e. The third-order valence-corrected chi connectivity index (χ3v) is 6.38. The summed E-state index contributed by atoms with van der Waals surface area (Å²) in [5.74, 6) is 2.81. The second-order valence-electron chi connectivity index (χ2n) is 7.84. The monoisotopic (exact) mass is 476 g/mol. The average Bonchev–Trinajstić information content (AvgIpc) is 3.53. The zero-order valence-electron chi connectivity index (χ0n) is 18.6. The SMILES string of the molecule is CC(NC(=O)CSc1nnc(-c2ccco2)n1Cc1ccccc1)c1ccc2c(c1)OCCO2. The first kappa shape index (κ1) is 22.1. The normalized spacial score (nSPS) is 13.4. The van der Waals surface area contributed by atoms with Gasteiger partial charge in [0.1, 0.15) is 13.2 Å². The zero-order valence-corrected chi connectivity index (χ0v) is 19.5. The standard InChI is InChI=1S/C25H24N4O4S/c1-17(19-9-10-20-22(14-19)33-13-12-32-20)26-23(30)16-34-25-28-27-24(21-8-5-11-31-21)29(25)15-18-6-3-2-4-7-18/h2-11,14,17H,12-13,15-16H2,1H3,(H,26,30). The molecule has 1 N–H and O–H groups in total. The Kier molecular flexibility index (Phi) is 6.53. The largest absolute Gasteiger partial charge is 0.486 e. The highest BCUT2D eigenvalue weighted by molar-refractivity contribution is 7.99. The Labute approximate surface area is 201 Å². The fourth-order valence-corrected chi connectivity index (χ4v) is 4.47. The fraction of sp³-hybridized carbons (Fsp3) is 0.240. The zero-order chi connectivity index (χ0) is 23.3. The number of fused-ring (bicyclic) bond motifs is 1. The smallest absolute Gasteiger partial charge is 0.230 e. The molecule has 1 unspecified atom stereocenters. The summed E-state index contributed by atoms with van der Waals surface area (Å²) in [5.41, 5.74) is 2.06. The Morgan fingerprint density at radius 1 is 1.06 bits per heavy atom. The van der Waals surface area contributed by atoms with Gasteiger partial charge < -0.3 is 19.2 Å². The molecule has 0 aliphatic carbocycles. The fourth-order valence-electron chi connectivity index (χ4n) is 3.72. The molecule has 174 valence electrons. The van der Waals surface area contributed by atoms with E-state index in [2.05, 4.69) is 15.5 Å². The van der Waals surface area contributed by atoms with Crippen LogP contribution in [0.15, 0.2) is 76.5 Å². The number of furan rings is 1. The van der Waals surface area contributed by atoms with E-state index in [4.69, 9.17) is 13.9 Å². The van der Waals surface area contributed by atoms with E-state index in [1.807, 2.05) is 72.2 Å². The lowest BCUT2D eigenvalue weighted by Crippen LogP contribution is -2.28. The van der Waals surface area contributed by atoms with Crippen molar-refractivity contribution in [2.45, 2.75) is 24.7 Å². The first-order chi connectivity index (χ1) is 16.7. The number of aromatic nitrogens is 3. The molecule has 1 aliphatic heterocycles. The van der Waals surface area contributed by atoms with Crippen LogP contribution in [-0.4, -0.2) is 39.6 Å². The van der Waals surface area contributed by atoms with Gasteiger partial charge in [0.25, 0.3) is 0 Å². The van der Waals surface area contributed by atoms with Gasteiger partial charge in [0.2, 0.25) is 11.7 Å². The van der Waals surface area contributed by atoms with Gasteiger partial charge in [-0.15, -0.1) is 10.2 Å². The molecule has 1 aliphatic rings. The molecule has 9 heteroatoms. The van der Waals surface area contributed by atoms with Gasteiger partial charge in [-0.1, -0.05) is 48.2 Å². The molecule has 3 heterocycles. The molecule has 0 saturated carbocycles. The number of rotatable bonds is 8. The van der Waals surface area contributed by atoms with Crippen molar-refractivity contribution < 1.29 is 18.7 Å². The Morgan fingerprint density at radius 2 is 1.88 bits per heavy atom.